The van der Waals surface area contributed by atoms with Crippen LogP contribution in [-0.2, 0) is 34.0 Å². The molecule has 0 aromatic rings. The molecule has 0 radical (unpaired) electrons. The Morgan fingerprint density at radius 2 is 2.04 bits per heavy atom. The Morgan fingerprint density at radius 1 is 1.41 bits per heavy atom. The van der Waals surface area contributed by atoms with Crippen molar-refractivity contribution in [2.45, 2.75) is 37.0 Å². The van der Waals surface area contributed by atoms with Crippen molar-refractivity contribution in [1.82, 2.24) is 0 Å². The van der Waals surface area contributed by atoms with Gasteiger partial charge >= 0.3 is 27.3 Å². The minimum atomic E-state index is -5.73. The first-order valence-corrected chi connectivity index (χ1v) is 9.66. The van der Waals surface area contributed by atoms with Gasteiger partial charge < -0.3 is 9.47 Å². The van der Waals surface area contributed by atoms with Gasteiger partial charge in [0, 0.05) is 23.8 Å². The van der Waals surface area contributed by atoms with Crippen molar-refractivity contribution in [2.24, 2.45) is 23.7 Å². The van der Waals surface area contributed by atoms with Gasteiger partial charge in [0.1, 0.15) is 11.4 Å². The number of alkyl halides is 2. The molecule has 0 spiro atoms. The molecule has 11 heteroatoms. The second-order valence-corrected chi connectivity index (χ2v) is 9.00. The van der Waals surface area contributed by atoms with Crippen LogP contribution in [0.2, 0.25) is 0 Å². The van der Waals surface area contributed by atoms with Crippen molar-refractivity contribution in [3.63, 3.8) is 0 Å². The molecule has 0 aromatic carbocycles. The number of carbonyl (C=O) groups is 3. The summed E-state index contributed by atoms with van der Waals surface area (Å²) in [7, 11) is -5.73. The van der Waals surface area contributed by atoms with E-state index in [9.17, 15) is 31.6 Å². The van der Waals surface area contributed by atoms with Crippen LogP contribution in [0.25, 0.3) is 0 Å². The van der Waals surface area contributed by atoms with Gasteiger partial charge in [0.05, 0.1) is 5.92 Å². The number of ketones is 1. The number of rotatable bonds is 6. The van der Waals surface area contributed by atoms with Crippen LogP contribution in [0, 0.1) is 23.7 Å². The van der Waals surface area contributed by atoms with E-state index >= 15 is 0 Å². The van der Waals surface area contributed by atoms with Crippen LogP contribution in [0.1, 0.15) is 26.2 Å². The molecule has 1 N–H and O–H groups in total. The van der Waals surface area contributed by atoms with E-state index in [0.717, 1.165) is 0 Å². The minimum absolute atomic E-state index is 0.0667. The van der Waals surface area contributed by atoms with Gasteiger partial charge in [-0.05, 0) is 25.7 Å². The highest BCUT2D eigenvalue weighted by atomic mass is 32.2. The van der Waals surface area contributed by atoms with E-state index in [2.05, 4.69) is 11.3 Å². The zero-order valence-corrected chi connectivity index (χ0v) is 15.1. The summed E-state index contributed by atoms with van der Waals surface area (Å²) in [5, 5.41) is -4.64. The fourth-order valence-corrected chi connectivity index (χ4v) is 4.85. The van der Waals surface area contributed by atoms with E-state index < -0.39 is 63.2 Å². The normalized spacial score (nSPS) is 34.6. The summed E-state index contributed by atoms with van der Waals surface area (Å²) in [6, 6.07) is 0. The topological polar surface area (TPSA) is 124 Å². The molecule has 3 aliphatic carbocycles. The molecule has 0 heterocycles. The Labute approximate surface area is 153 Å². The lowest BCUT2D eigenvalue weighted by Gasteiger charge is -2.34. The van der Waals surface area contributed by atoms with Gasteiger partial charge in [-0.2, -0.15) is 17.2 Å². The van der Waals surface area contributed by atoms with Crippen LogP contribution in [0.4, 0.5) is 8.78 Å². The summed E-state index contributed by atoms with van der Waals surface area (Å²) in [6.07, 6.45) is 0.546. The van der Waals surface area contributed by atoms with Gasteiger partial charge in [-0.3, -0.25) is 14.1 Å². The summed E-state index contributed by atoms with van der Waals surface area (Å²) >= 11 is 0. The average molecular weight is 408 g/mol. The summed E-state index contributed by atoms with van der Waals surface area (Å²) < 4.78 is 66.1. The fraction of sp³-hybridized carbons (Fsp3) is 0.688. The third-order valence-electron chi connectivity index (χ3n) is 5.69. The Hall–Kier alpha value is -1.88. The maximum Gasteiger partial charge on any atom is 0.402 e. The summed E-state index contributed by atoms with van der Waals surface area (Å²) in [6.45, 7) is 3.12. The lowest BCUT2D eigenvalue weighted by Crippen LogP contribution is -2.43. The highest BCUT2D eigenvalue weighted by Crippen LogP contribution is 2.64. The predicted molar refractivity (Wildman–Crippen MR) is 83.9 cm³/mol. The van der Waals surface area contributed by atoms with E-state index in [1.54, 1.807) is 0 Å². The third-order valence-corrected chi connectivity index (χ3v) is 6.56. The van der Waals surface area contributed by atoms with Gasteiger partial charge in [-0.15, -0.1) is 0 Å². The lowest BCUT2D eigenvalue weighted by molar-refractivity contribution is -0.165. The molecule has 5 atom stereocenters. The molecular formula is C16H18F2O8S. The van der Waals surface area contributed by atoms with Crippen molar-refractivity contribution >= 4 is 27.8 Å². The predicted octanol–water partition coefficient (Wildman–Crippen LogP) is 1.11. The van der Waals surface area contributed by atoms with E-state index in [-0.39, 0.29) is 24.2 Å². The van der Waals surface area contributed by atoms with Crippen molar-refractivity contribution in [2.75, 3.05) is 6.61 Å². The molecule has 3 fully saturated rings. The van der Waals surface area contributed by atoms with Crippen LogP contribution >= 0.6 is 0 Å². The van der Waals surface area contributed by atoms with E-state index in [4.69, 9.17) is 9.29 Å². The first-order chi connectivity index (χ1) is 12.3. The summed E-state index contributed by atoms with van der Waals surface area (Å²) in [5.74, 6) is -4.73. The molecule has 150 valence electrons. The van der Waals surface area contributed by atoms with E-state index in [1.165, 1.54) is 6.92 Å². The Bertz CT molecular complexity index is 835. The number of fused-ring (bicyclic) bond motifs is 1. The Balaban J connectivity index is 1.73. The van der Waals surface area contributed by atoms with Crippen LogP contribution < -0.4 is 0 Å². The molecule has 0 amide bonds. The molecule has 0 aliphatic heterocycles. The average Bonchev–Trinajstić information content (AvgIpc) is 3.10. The first kappa shape index (κ1) is 19.9. The number of ether oxygens (including phenoxy) is 2. The Kier molecular flexibility index (Phi) is 4.46. The van der Waals surface area contributed by atoms with Crippen LogP contribution in [-0.4, -0.2) is 48.2 Å². The summed E-state index contributed by atoms with van der Waals surface area (Å²) in [5.41, 5.74) is -0.844. The highest BCUT2D eigenvalue weighted by molar-refractivity contribution is 7.86. The van der Waals surface area contributed by atoms with E-state index in [1.807, 2.05) is 0 Å². The third kappa shape index (κ3) is 3.06. The molecule has 2 bridgehead atoms. The standard InChI is InChI=1S/C16H18F2O8S/c1-7(2)13(20)26-15-4-8-3-9(15)12(10(19)5-15)11(8)14(21)25-6-16(17,18)27(22,23)24/h8-9,11-12H,1,3-6H2,2H3,(H,22,23,24). The zero-order chi connectivity index (χ0) is 20.4. The molecule has 8 nitrogen and oxygen atoms in total. The fourth-order valence-electron chi connectivity index (χ4n) is 4.64. The maximum absolute atomic E-state index is 13.3. The molecule has 0 saturated heterocycles. The van der Waals surface area contributed by atoms with Crippen molar-refractivity contribution in [3.8, 4) is 0 Å². The van der Waals surface area contributed by atoms with Gasteiger partial charge in [-0.25, -0.2) is 4.79 Å². The maximum atomic E-state index is 13.3. The van der Waals surface area contributed by atoms with Gasteiger partial charge in [0.2, 0.25) is 0 Å². The largest absolute Gasteiger partial charge is 0.458 e. The molecule has 27 heavy (non-hydrogen) atoms. The number of carbonyl (C=O) groups excluding carboxylic acids is 3. The highest BCUT2D eigenvalue weighted by Gasteiger charge is 2.71. The number of hydrogen-bond acceptors (Lipinski definition) is 7. The lowest BCUT2D eigenvalue weighted by atomic mass is 9.77. The SMILES string of the molecule is C=C(C)C(=O)OC12CC(=O)C3C(C(=O)OCC(F)(F)S(=O)(=O)O)C(CC31)C2. The number of esters is 2. The first-order valence-electron chi connectivity index (χ1n) is 8.22. The number of hydrogen-bond donors (Lipinski definition) is 1. The quantitative estimate of drug-likeness (QED) is 0.394. The van der Waals surface area contributed by atoms with Crippen LogP contribution in [0.15, 0.2) is 12.2 Å². The minimum Gasteiger partial charge on any atom is -0.458 e. The molecule has 3 aliphatic rings. The van der Waals surface area contributed by atoms with Gasteiger partial charge in [-0.1, -0.05) is 6.58 Å². The summed E-state index contributed by atoms with van der Waals surface area (Å²) in [4.78, 5) is 36.6. The second kappa shape index (κ2) is 6.06. The smallest absolute Gasteiger partial charge is 0.402 e. The van der Waals surface area contributed by atoms with Crippen molar-refractivity contribution < 1.29 is 45.6 Å². The zero-order valence-electron chi connectivity index (χ0n) is 14.3. The van der Waals surface area contributed by atoms with E-state index in [0.29, 0.717) is 6.42 Å². The molecule has 3 saturated carbocycles. The second-order valence-electron chi connectivity index (χ2n) is 7.46. The Morgan fingerprint density at radius 3 is 2.59 bits per heavy atom. The molecule has 0 aromatic heterocycles. The van der Waals surface area contributed by atoms with Crippen LogP contribution in [0.5, 0.6) is 0 Å². The molecular weight excluding hydrogens is 390 g/mol. The van der Waals surface area contributed by atoms with Crippen LogP contribution in [0.3, 0.4) is 0 Å². The molecule has 5 unspecified atom stereocenters. The van der Waals surface area contributed by atoms with Gasteiger partial charge in [0.25, 0.3) is 0 Å². The molecule has 3 rings (SSSR count). The monoisotopic (exact) mass is 408 g/mol. The number of Topliss-reactive ketones (excluding diaryl/α,β-unsaturated/α-hetero) is 1. The number of halogens is 2. The van der Waals surface area contributed by atoms with Crippen molar-refractivity contribution in [3.05, 3.63) is 12.2 Å². The van der Waals surface area contributed by atoms with Gasteiger partial charge in [0.15, 0.2) is 6.61 Å². The van der Waals surface area contributed by atoms with Crippen molar-refractivity contribution in [1.29, 1.82) is 0 Å².